The van der Waals surface area contributed by atoms with Crippen LogP contribution in [0.3, 0.4) is 0 Å². The fourth-order valence-electron chi connectivity index (χ4n) is 2.59. The number of nitro benzene ring substituents is 1. The number of carbonyl (C=O) groups excluding carboxylic acids is 1. The number of nitro groups is 1. The van der Waals surface area contributed by atoms with Crippen molar-refractivity contribution in [2.24, 2.45) is 11.3 Å². The minimum atomic E-state index is -0.504. The minimum absolute atomic E-state index is 0.0961. The Labute approximate surface area is 124 Å². The average Bonchev–Trinajstić information content (AvgIpc) is 2.70. The van der Waals surface area contributed by atoms with Crippen LogP contribution in [0, 0.1) is 21.4 Å². The number of amides is 1. The third-order valence-corrected chi connectivity index (χ3v) is 4.10. The van der Waals surface area contributed by atoms with Crippen LogP contribution in [0.2, 0.25) is 0 Å². The van der Waals surface area contributed by atoms with Crippen LogP contribution in [0.5, 0.6) is 0 Å². The molecule has 114 valence electrons. The Morgan fingerprint density at radius 1 is 1.43 bits per heavy atom. The van der Waals surface area contributed by atoms with Crippen molar-refractivity contribution >= 4 is 17.3 Å². The highest BCUT2D eigenvalue weighted by atomic mass is 16.6. The highest BCUT2D eigenvalue weighted by Gasteiger charge is 2.36. The zero-order chi connectivity index (χ0) is 15.8. The molecule has 0 radical (unpaired) electrons. The third-order valence-electron chi connectivity index (χ3n) is 4.10. The molecule has 1 aromatic rings. The molecule has 0 bridgehead atoms. The molecule has 1 aliphatic heterocycles. The number of rotatable bonds is 3. The van der Waals surface area contributed by atoms with Crippen molar-refractivity contribution in [1.29, 1.82) is 0 Å². The van der Waals surface area contributed by atoms with Gasteiger partial charge in [0.05, 0.1) is 4.92 Å². The third kappa shape index (κ3) is 3.32. The zero-order valence-corrected chi connectivity index (χ0v) is 12.6. The first-order chi connectivity index (χ1) is 9.68. The van der Waals surface area contributed by atoms with Crippen LogP contribution < -0.4 is 5.73 Å². The van der Waals surface area contributed by atoms with Gasteiger partial charge in [-0.3, -0.25) is 14.9 Å². The van der Waals surface area contributed by atoms with E-state index in [1.807, 2.05) is 0 Å². The number of carbonyl (C=O) groups is 1. The van der Waals surface area contributed by atoms with E-state index in [2.05, 4.69) is 20.8 Å². The molecule has 1 unspecified atom stereocenters. The quantitative estimate of drug-likeness (QED) is 0.526. The zero-order valence-electron chi connectivity index (χ0n) is 12.6. The van der Waals surface area contributed by atoms with Gasteiger partial charge in [-0.1, -0.05) is 26.8 Å². The smallest absolute Gasteiger partial charge is 0.292 e. The molecule has 2 rings (SSSR count). The molecule has 0 aliphatic carbocycles. The fourth-order valence-corrected chi connectivity index (χ4v) is 2.59. The molecule has 21 heavy (non-hydrogen) atoms. The number of nitrogen functional groups attached to an aromatic ring is 1. The lowest BCUT2D eigenvalue weighted by Gasteiger charge is -2.26. The van der Waals surface area contributed by atoms with E-state index in [1.165, 1.54) is 6.07 Å². The van der Waals surface area contributed by atoms with E-state index < -0.39 is 4.92 Å². The van der Waals surface area contributed by atoms with Crippen molar-refractivity contribution in [3.8, 4) is 0 Å². The van der Waals surface area contributed by atoms with Crippen LogP contribution in [-0.4, -0.2) is 22.3 Å². The topological polar surface area (TPSA) is 89.5 Å². The molecule has 6 nitrogen and oxygen atoms in total. The molecule has 1 atom stereocenters. The normalized spacial score (nSPS) is 19.1. The molecule has 1 aliphatic rings. The van der Waals surface area contributed by atoms with E-state index >= 15 is 0 Å². The van der Waals surface area contributed by atoms with Gasteiger partial charge in [-0.15, -0.1) is 0 Å². The number of hydrogen-bond donors (Lipinski definition) is 1. The molecule has 0 spiro atoms. The predicted octanol–water partition coefficient (Wildman–Crippen LogP) is 2.57. The Morgan fingerprint density at radius 3 is 2.57 bits per heavy atom. The van der Waals surface area contributed by atoms with Crippen molar-refractivity contribution in [3.63, 3.8) is 0 Å². The summed E-state index contributed by atoms with van der Waals surface area (Å²) in [6, 6.07) is 4.63. The van der Waals surface area contributed by atoms with E-state index in [9.17, 15) is 14.9 Å². The predicted molar refractivity (Wildman–Crippen MR) is 80.5 cm³/mol. The van der Waals surface area contributed by atoms with Crippen LogP contribution in [0.15, 0.2) is 18.2 Å². The second-order valence-electron chi connectivity index (χ2n) is 6.69. The van der Waals surface area contributed by atoms with Crippen LogP contribution in [-0.2, 0) is 11.3 Å². The van der Waals surface area contributed by atoms with Crippen LogP contribution >= 0.6 is 0 Å². The molecule has 1 amide bonds. The highest BCUT2D eigenvalue weighted by molar-refractivity contribution is 5.78. The monoisotopic (exact) mass is 291 g/mol. The van der Waals surface area contributed by atoms with E-state index in [1.54, 1.807) is 17.0 Å². The standard InChI is InChI=1S/C15H21N3O3/c1-15(2,3)11-7-14(19)17(9-11)8-10-4-5-13(18(20)21)12(16)6-10/h4-6,11H,7-9,16H2,1-3H3. The molecule has 1 saturated heterocycles. The number of likely N-dealkylation sites (tertiary alicyclic amines) is 1. The number of nitrogens with zero attached hydrogens (tertiary/aromatic N) is 2. The maximum absolute atomic E-state index is 12.1. The van der Waals surface area contributed by atoms with E-state index in [4.69, 9.17) is 5.73 Å². The fraction of sp³-hybridized carbons (Fsp3) is 0.533. The largest absolute Gasteiger partial charge is 0.393 e. The minimum Gasteiger partial charge on any atom is -0.393 e. The van der Waals surface area contributed by atoms with Gasteiger partial charge in [0.25, 0.3) is 5.69 Å². The lowest BCUT2D eigenvalue weighted by Crippen LogP contribution is -2.27. The molecular weight excluding hydrogens is 270 g/mol. The average molecular weight is 291 g/mol. The van der Waals surface area contributed by atoms with Gasteiger partial charge in [-0.25, -0.2) is 0 Å². The van der Waals surface area contributed by atoms with Crippen molar-refractivity contribution in [2.45, 2.75) is 33.7 Å². The van der Waals surface area contributed by atoms with Gasteiger partial charge >= 0.3 is 0 Å². The molecule has 1 heterocycles. The summed E-state index contributed by atoms with van der Waals surface area (Å²) < 4.78 is 0. The van der Waals surface area contributed by atoms with Crippen molar-refractivity contribution < 1.29 is 9.72 Å². The van der Waals surface area contributed by atoms with Crippen LogP contribution in [0.1, 0.15) is 32.8 Å². The van der Waals surface area contributed by atoms with Crippen LogP contribution in [0.25, 0.3) is 0 Å². The Hall–Kier alpha value is -2.11. The maximum atomic E-state index is 12.1. The SMILES string of the molecule is CC(C)(C)C1CC(=O)N(Cc2ccc([N+](=O)[O-])c(N)c2)C1. The Balaban J connectivity index is 2.11. The summed E-state index contributed by atoms with van der Waals surface area (Å²) in [7, 11) is 0. The maximum Gasteiger partial charge on any atom is 0.292 e. The van der Waals surface area contributed by atoms with Gasteiger partial charge < -0.3 is 10.6 Å². The first-order valence-corrected chi connectivity index (χ1v) is 6.99. The van der Waals surface area contributed by atoms with Gasteiger partial charge in [0.1, 0.15) is 5.69 Å². The van der Waals surface area contributed by atoms with Gasteiger partial charge in [-0.05, 0) is 23.0 Å². The second-order valence-corrected chi connectivity index (χ2v) is 6.69. The summed E-state index contributed by atoms with van der Waals surface area (Å²) in [5.41, 5.74) is 6.64. The van der Waals surface area contributed by atoms with Gasteiger partial charge in [0.2, 0.25) is 5.91 Å². The molecular formula is C15H21N3O3. The summed E-state index contributed by atoms with van der Waals surface area (Å²) in [6.07, 6.45) is 0.561. The lowest BCUT2D eigenvalue weighted by atomic mass is 9.80. The number of anilines is 1. The second kappa shape index (κ2) is 5.35. The number of nitrogens with two attached hydrogens (primary N) is 1. The Kier molecular flexibility index (Phi) is 3.89. The molecule has 0 aromatic heterocycles. The lowest BCUT2D eigenvalue weighted by molar-refractivity contribution is -0.383. The summed E-state index contributed by atoms with van der Waals surface area (Å²) in [5.74, 6) is 0.465. The molecule has 0 saturated carbocycles. The molecule has 1 aromatic carbocycles. The number of benzene rings is 1. The van der Waals surface area contributed by atoms with Gasteiger partial charge in [-0.2, -0.15) is 0 Å². The first kappa shape index (κ1) is 15.3. The molecule has 1 fully saturated rings. The molecule has 6 heteroatoms. The van der Waals surface area contributed by atoms with Crippen molar-refractivity contribution in [3.05, 3.63) is 33.9 Å². The summed E-state index contributed by atoms with van der Waals surface area (Å²) >= 11 is 0. The van der Waals surface area contributed by atoms with Crippen molar-refractivity contribution in [2.75, 3.05) is 12.3 Å². The highest BCUT2D eigenvalue weighted by Crippen LogP contribution is 2.35. The summed E-state index contributed by atoms with van der Waals surface area (Å²) in [5, 5.41) is 10.7. The molecule has 2 N–H and O–H groups in total. The van der Waals surface area contributed by atoms with E-state index in [0.29, 0.717) is 18.9 Å². The van der Waals surface area contributed by atoms with Gasteiger partial charge in [0.15, 0.2) is 0 Å². The van der Waals surface area contributed by atoms with E-state index in [-0.39, 0.29) is 22.7 Å². The van der Waals surface area contributed by atoms with Crippen LogP contribution in [0.4, 0.5) is 11.4 Å². The summed E-state index contributed by atoms with van der Waals surface area (Å²) in [4.78, 5) is 24.1. The Bertz CT molecular complexity index is 578. The Morgan fingerprint density at radius 2 is 2.10 bits per heavy atom. The van der Waals surface area contributed by atoms with E-state index in [0.717, 1.165) is 12.1 Å². The van der Waals surface area contributed by atoms with Crippen molar-refractivity contribution in [1.82, 2.24) is 4.90 Å². The first-order valence-electron chi connectivity index (χ1n) is 6.99. The summed E-state index contributed by atoms with van der Waals surface area (Å²) in [6.45, 7) is 7.59. The number of hydrogen-bond acceptors (Lipinski definition) is 4. The van der Waals surface area contributed by atoms with Gasteiger partial charge in [0, 0.05) is 25.6 Å².